The Morgan fingerprint density at radius 3 is 2.59 bits per heavy atom. The molecule has 1 N–H and O–H groups in total. The lowest BCUT2D eigenvalue weighted by Gasteiger charge is -2.40. The van der Waals surface area contributed by atoms with Gasteiger partial charge in [-0.1, -0.05) is 48.2 Å². The zero-order valence-electron chi connectivity index (χ0n) is 15.4. The van der Waals surface area contributed by atoms with E-state index in [1.807, 2.05) is 19.1 Å². The van der Waals surface area contributed by atoms with Crippen molar-refractivity contribution in [2.45, 2.75) is 18.7 Å². The Hall–Kier alpha value is -2.31. The van der Waals surface area contributed by atoms with Gasteiger partial charge in [-0.25, -0.2) is 4.79 Å². The van der Waals surface area contributed by atoms with Crippen molar-refractivity contribution in [3.05, 3.63) is 53.6 Å². The average Bonchev–Trinajstić information content (AvgIpc) is 3.03. The molecule has 2 aromatic carbocycles. The lowest BCUT2D eigenvalue weighted by molar-refractivity contribution is -0.135. The van der Waals surface area contributed by atoms with Gasteiger partial charge in [-0.2, -0.15) is 0 Å². The van der Waals surface area contributed by atoms with Gasteiger partial charge in [0.05, 0.1) is 11.3 Å². The molecule has 2 heterocycles. The molecule has 0 radical (unpaired) electrons. The summed E-state index contributed by atoms with van der Waals surface area (Å²) in [7, 11) is 1.75. The number of hydrogen-bond acceptors (Lipinski definition) is 4. The van der Waals surface area contributed by atoms with Crippen molar-refractivity contribution in [3.8, 4) is 0 Å². The SMILES string of the molecule is CC1=C(c2ccc3ccccc3c2)SC2C1C(=O)N(CCCO)C(=O)N2C. The number of nitrogens with zero attached hydrogens (tertiary/aromatic N) is 2. The minimum Gasteiger partial charge on any atom is -0.396 e. The summed E-state index contributed by atoms with van der Waals surface area (Å²) >= 11 is 1.59. The van der Waals surface area contributed by atoms with Crippen LogP contribution in [0.3, 0.4) is 0 Å². The first-order valence-corrected chi connectivity index (χ1v) is 9.96. The van der Waals surface area contributed by atoms with Crippen LogP contribution in [-0.4, -0.2) is 52.4 Å². The lowest BCUT2D eigenvalue weighted by atomic mass is 9.94. The second-order valence-corrected chi connectivity index (χ2v) is 8.15. The number of carbonyl (C=O) groups excluding carboxylic acids is 2. The molecule has 6 heteroatoms. The highest BCUT2D eigenvalue weighted by Crippen LogP contribution is 2.50. The van der Waals surface area contributed by atoms with E-state index in [0.717, 1.165) is 21.4 Å². The van der Waals surface area contributed by atoms with E-state index < -0.39 is 0 Å². The molecule has 2 aliphatic rings. The Labute approximate surface area is 162 Å². The van der Waals surface area contributed by atoms with Crippen LogP contribution in [0.1, 0.15) is 18.9 Å². The van der Waals surface area contributed by atoms with E-state index in [1.54, 1.807) is 23.7 Å². The van der Waals surface area contributed by atoms with Crippen LogP contribution >= 0.6 is 11.8 Å². The van der Waals surface area contributed by atoms with Crippen LogP contribution in [-0.2, 0) is 4.79 Å². The first-order chi connectivity index (χ1) is 13.0. The largest absolute Gasteiger partial charge is 0.396 e. The Morgan fingerprint density at radius 1 is 1.11 bits per heavy atom. The minimum absolute atomic E-state index is 0.0409. The zero-order valence-corrected chi connectivity index (χ0v) is 16.2. The minimum atomic E-state index is -0.335. The van der Waals surface area contributed by atoms with Gasteiger partial charge in [-0.05, 0) is 41.3 Å². The van der Waals surface area contributed by atoms with Crippen LogP contribution in [0.4, 0.5) is 4.79 Å². The van der Waals surface area contributed by atoms with Crippen molar-refractivity contribution in [1.82, 2.24) is 9.80 Å². The lowest BCUT2D eigenvalue weighted by Crippen LogP contribution is -2.58. The van der Waals surface area contributed by atoms with E-state index in [4.69, 9.17) is 5.11 Å². The monoisotopic (exact) mass is 382 g/mol. The molecular formula is C21H22N2O3S. The summed E-state index contributed by atoms with van der Waals surface area (Å²) in [5, 5.41) is 11.2. The average molecular weight is 382 g/mol. The first-order valence-electron chi connectivity index (χ1n) is 9.08. The third-order valence-electron chi connectivity index (χ3n) is 5.35. The first kappa shape index (κ1) is 18.1. The molecule has 1 fully saturated rings. The number of fused-ring (bicyclic) bond motifs is 2. The summed E-state index contributed by atoms with van der Waals surface area (Å²) in [6.45, 7) is 2.21. The van der Waals surface area contributed by atoms with E-state index in [0.29, 0.717) is 6.42 Å². The van der Waals surface area contributed by atoms with Crippen LogP contribution in [0.15, 0.2) is 48.0 Å². The molecule has 4 rings (SSSR count). The van der Waals surface area contributed by atoms with Crippen LogP contribution < -0.4 is 0 Å². The molecule has 3 amide bonds. The maximum Gasteiger partial charge on any atom is 0.327 e. The molecule has 2 unspecified atom stereocenters. The Kier molecular flexibility index (Phi) is 4.70. The van der Waals surface area contributed by atoms with E-state index in [9.17, 15) is 9.59 Å². The molecule has 2 aromatic rings. The van der Waals surface area contributed by atoms with Gasteiger partial charge in [-0.3, -0.25) is 9.69 Å². The Bertz CT molecular complexity index is 955. The maximum absolute atomic E-state index is 13.0. The summed E-state index contributed by atoms with van der Waals surface area (Å²) < 4.78 is 0. The van der Waals surface area contributed by atoms with Crippen LogP contribution in [0.2, 0.25) is 0 Å². The number of aliphatic hydroxyl groups is 1. The van der Waals surface area contributed by atoms with E-state index >= 15 is 0 Å². The van der Waals surface area contributed by atoms with Gasteiger partial charge in [0, 0.05) is 25.1 Å². The number of benzene rings is 2. The molecule has 0 saturated carbocycles. The third kappa shape index (κ3) is 2.93. The third-order valence-corrected chi connectivity index (χ3v) is 6.97. The van der Waals surface area contributed by atoms with Gasteiger partial charge in [0.15, 0.2) is 0 Å². The van der Waals surface area contributed by atoms with E-state index in [2.05, 4.69) is 30.3 Å². The summed E-state index contributed by atoms with van der Waals surface area (Å²) in [6.07, 6.45) is 0.399. The quantitative estimate of drug-likeness (QED) is 0.879. The normalized spacial score (nSPS) is 22.8. The molecule has 2 aliphatic heterocycles. The molecule has 0 bridgehead atoms. The second kappa shape index (κ2) is 7.02. The fourth-order valence-corrected chi connectivity index (χ4v) is 5.39. The van der Waals surface area contributed by atoms with Crippen molar-refractivity contribution in [2.24, 2.45) is 5.92 Å². The molecule has 0 aliphatic carbocycles. The summed E-state index contributed by atoms with van der Waals surface area (Å²) in [5.41, 5.74) is 2.10. The summed E-state index contributed by atoms with van der Waals surface area (Å²) in [5.74, 6) is -0.491. The van der Waals surface area contributed by atoms with Crippen molar-refractivity contribution in [1.29, 1.82) is 0 Å². The highest BCUT2D eigenvalue weighted by molar-refractivity contribution is 8.09. The molecule has 1 saturated heterocycles. The summed E-state index contributed by atoms with van der Waals surface area (Å²) in [4.78, 5) is 29.7. The Morgan fingerprint density at radius 2 is 1.85 bits per heavy atom. The van der Waals surface area contributed by atoms with Crippen LogP contribution in [0.25, 0.3) is 15.7 Å². The molecule has 27 heavy (non-hydrogen) atoms. The van der Waals surface area contributed by atoms with E-state index in [1.165, 1.54) is 10.3 Å². The number of rotatable bonds is 4. The second-order valence-electron chi connectivity index (χ2n) is 7.02. The van der Waals surface area contributed by atoms with Crippen LogP contribution in [0, 0.1) is 5.92 Å². The van der Waals surface area contributed by atoms with Crippen molar-refractivity contribution < 1.29 is 14.7 Å². The van der Waals surface area contributed by atoms with Gasteiger partial charge < -0.3 is 10.0 Å². The maximum atomic E-state index is 13.0. The number of urea groups is 1. The van der Waals surface area contributed by atoms with Gasteiger partial charge in [0.1, 0.15) is 0 Å². The Balaban J connectivity index is 1.71. The fraction of sp³-hybridized carbons (Fsp3) is 0.333. The van der Waals surface area contributed by atoms with Crippen LogP contribution in [0.5, 0.6) is 0 Å². The van der Waals surface area contributed by atoms with Gasteiger partial charge >= 0.3 is 6.03 Å². The van der Waals surface area contributed by atoms with E-state index in [-0.39, 0.29) is 36.4 Å². The van der Waals surface area contributed by atoms with Crippen molar-refractivity contribution in [3.63, 3.8) is 0 Å². The number of aliphatic hydroxyl groups excluding tert-OH is 1. The van der Waals surface area contributed by atoms with Gasteiger partial charge in [0.25, 0.3) is 0 Å². The number of thioether (sulfide) groups is 1. The molecule has 2 atom stereocenters. The standard InChI is InChI=1S/C21H22N2O3S/c1-13-17-19(25)23(10-5-11-24)21(26)22(2)20(17)27-18(13)16-9-8-14-6-3-4-7-15(14)12-16/h3-4,6-9,12,17,20,24H,5,10-11H2,1-2H3. The highest BCUT2D eigenvalue weighted by atomic mass is 32.2. The van der Waals surface area contributed by atoms with Gasteiger partial charge in [0.2, 0.25) is 5.91 Å². The molecule has 5 nitrogen and oxygen atoms in total. The van der Waals surface area contributed by atoms with Crippen molar-refractivity contribution >= 4 is 39.4 Å². The molecular weight excluding hydrogens is 360 g/mol. The predicted octanol–water partition coefficient (Wildman–Crippen LogP) is 3.54. The number of imide groups is 1. The molecule has 0 spiro atoms. The molecule has 0 aromatic heterocycles. The zero-order chi connectivity index (χ0) is 19.1. The van der Waals surface area contributed by atoms with Gasteiger partial charge in [-0.15, -0.1) is 0 Å². The molecule has 140 valence electrons. The highest BCUT2D eigenvalue weighted by Gasteiger charge is 2.50. The predicted molar refractivity (Wildman–Crippen MR) is 108 cm³/mol. The number of carbonyl (C=O) groups is 2. The number of hydrogen-bond donors (Lipinski definition) is 1. The van der Waals surface area contributed by atoms with Crippen molar-refractivity contribution in [2.75, 3.05) is 20.2 Å². The fourth-order valence-electron chi connectivity index (χ4n) is 3.87. The number of amides is 3. The smallest absolute Gasteiger partial charge is 0.327 e. The summed E-state index contributed by atoms with van der Waals surface area (Å²) in [6, 6.07) is 14.2. The topological polar surface area (TPSA) is 60.9 Å².